The van der Waals surface area contributed by atoms with Gasteiger partial charge in [-0.1, -0.05) is 32.4 Å². The van der Waals surface area contributed by atoms with Crippen LogP contribution in [0.3, 0.4) is 0 Å². The molecule has 3 heterocycles. The van der Waals surface area contributed by atoms with Crippen molar-refractivity contribution >= 4 is 62.5 Å². The molecule has 2 aromatic rings. The fraction of sp³-hybridized carbons (Fsp3) is 0.450. The van der Waals surface area contributed by atoms with Crippen LogP contribution in [0.4, 0.5) is 11.8 Å². The molecule has 2 N–H and O–H groups in total. The minimum absolute atomic E-state index is 0.127. The SMILES string of the molecule is CCCN(CCC)c1nc(NC(=O)C2=NC(Cl)=C(CC)C2)nc2sc(C(=O)O)cc12. The Balaban J connectivity index is 1.98. The van der Waals surface area contributed by atoms with Gasteiger partial charge in [0, 0.05) is 19.5 Å². The van der Waals surface area contributed by atoms with E-state index in [1.54, 1.807) is 6.07 Å². The average Bonchev–Trinajstić information content (AvgIpc) is 3.30. The second kappa shape index (κ2) is 9.53. The van der Waals surface area contributed by atoms with E-state index in [0.717, 1.165) is 49.3 Å². The predicted molar refractivity (Wildman–Crippen MR) is 121 cm³/mol. The molecule has 1 aliphatic rings. The first kappa shape index (κ1) is 22.2. The van der Waals surface area contributed by atoms with E-state index >= 15 is 0 Å². The smallest absolute Gasteiger partial charge is 0.345 e. The maximum Gasteiger partial charge on any atom is 0.345 e. The molecule has 0 unspecified atom stereocenters. The van der Waals surface area contributed by atoms with Gasteiger partial charge < -0.3 is 10.0 Å². The van der Waals surface area contributed by atoms with Crippen LogP contribution in [-0.2, 0) is 4.79 Å². The Labute approximate surface area is 183 Å². The predicted octanol–water partition coefficient (Wildman–Crippen LogP) is 4.66. The zero-order valence-electron chi connectivity index (χ0n) is 17.2. The van der Waals surface area contributed by atoms with Crippen LogP contribution in [0.1, 0.15) is 56.1 Å². The number of nitrogens with zero attached hydrogens (tertiary/aromatic N) is 4. The van der Waals surface area contributed by atoms with Crippen LogP contribution in [0.15, 0.2) is 21.8 Å². The number of aromatic carboxylic acids is 1. The summed E-state index contributed by atoms with van der Waals surface area (Å²) in [6.45, 7) is 7.63. The lowest BCUT2D eigenvalue weighted by Crippen LogP contribution is -2.27. The first-order valence-corrected chi connectivity index (χ1v) is 11.1. The molecular weight excluding hydrogens is 426 g/mol. The fourth-order valence-electron chi connectivity index (χ4n) is 3.26. The first-order chi connectivity index (χ1) is 14.4. The summed E-state index contributed by atoms with van der Waals surface area (Å²) in [4.78, 5) is 40.1. The third kappa shape index (κ3) is 4.62. The first-order valence-electron chi connectivity index (χ1n) is 9.94. The van der Waals surface area contributed by atoms with Crippen molar-refractivity contribution in [1.29, 1.82) is 0 Å². The highest BCUT2D eigenvalue weighted by Gasteiger charge is 2.24. The zero-order valence-corrected chi connectivity index (χ0v) is 18.7. The zero-order chi connectivity index (χ0) is 21.8. The van der Waals surface area contributed by atoms with Gasteiger partial charge in [-0.15, -0.1) is 11.3 Å². The van der Waals surface area contributed by atoms with E-state index in [0.29, 0.717) is 33.3 Å². The summed E-state index contributed by atoms with van der Waals surface area (Å²) < 4.78 is 0. The van der Waals surface area contributed by atoms with Crippen molar-refractivity contribution < 1.29 is 14.7 Å². The summed E-state index contributed by atoms with van der Waals surface area (Å²) in [5.74, 6) is -0.668. The van der Waals surface area contributed by atoms with Gasteiger partial charge in [-0.25, -0.2) is 14.8 Å². The minimum Gasteiger partial charge on any atom is -0.477 e. The Morgan fingerprint density at radius 2 is 1.93 bits per heavy atom. The highest BCUT2D eigenvalue weighted by atomic mass is 35.5. The van der Waals surface area contributed by atoms with Crippen molar-refractivity contribution in [2.24, 2.45) is 4.99 Å². The molecule has 0 aromatic carbocycles. The van der Waals surface area contributed by atoms with Gasteiger partial charge in [0.25, 0.3) is 5.91 Å². The molecule has 30 heavy (non-hydrogen) atoms. The Kier molecular flexibility index (Phi) is 7.04. The number of carboxylic acids is 1. The number of rotatable bonds is 9. The van der Waals surface area contributed by atoms with Gasteiger partial charge in [-0.3, -0.25) is 10.1 Å². The number of halogens is 1. The van der Waals surface area contributed by atoms with Crippen molar-refractivity contribution in [3.05, 3.63) is 21.7 Å². The molecule has 1 amide bonds. The van der Waals surface area contributed by atoms with Crippen LogP contribution in [0.25, 0.3) is 10.2 Å². The van der Waals surface area contributed by atoms with Crippen LogP contribution >= 0.6 is 22.9 Å². The summed E-state index contributed by atoms with van der Waals surface area (Å²) in [5.41, 5.74) is 1.23. The number of allylic oxidation sites excluding steroid dienone is 1. The van der Waals surface area contributed by atoms with E-state index in [9.17, 15) is 14.7 Å². The highest BCUT2D eigenvalue weighted by Crippen LogP contribution is 2.33. The number of carbonyl (C=O) groups excluding carboxylic acids is 1. The van der Waals surface area contributed by atoms with E-state index in [1.807, 2.05) is 6.92 Å². The van der Waals surface area contributed by atoms with Crippen LogP contribution in [0.2, 0.25) is 0 Å². The maximum atomic E-state index is 12.7. The molecule has 0 saturated carbocycles. The number of fused-ring (bicyclic) bond motifs is 1. The van der Waals surface area contributed by atoms with Crippen molar-refractivity contribution in [2.75, 3.05) is 23.3 Å². The van der Waals surface area contributed by atoms with Gasteiger partial charge in [0.1, 0.15) is 26.4 Å². The van der Waals surface area contributed by atoms with Crippen LogP contribution in [-0.4, -0.2) is 45.8 Å². The Hall–Kier alpha value is -2.52. The molecule has 0 aliphatic carbocycles. The van der Waals surface area contributed by atoms with Gasteiger partial charge in [0.15, 0.2) is 0 Å². The third-order valence-corrected chi connectivity index (χ3v) is 6.06. The summed E-state index contributed by atoms with van der Waals surface area (Å²) in [5, 5.41) is 13.2. The number of aliphatic imine (C=N–C) groups is 1. The van der Waals surface area contributed by atoms with Gasteiger partial charge in [-0.05, 0) is 30.9 Å². The maximum absolute atomic E-state index is 12.7. The third-order valence-electron chi connectivity index (χ3n) is 4.69. The molecule has 0 saturated heterocycles. The molecule has 10 heteroatoms. The van der Waals surface area contributed by atoms with E-state index in [1.165, 1.54) is 0 Å². The second-order valence-corrected chi connectivity index (χ2v) is 8.32. The molecule has 0 atom stereocenters. The van der Waals surface area contributed by atoms with E-state index < -0.39 is 11.9 Å². The number of thiophene rings is 1. The van der Waals surface area contributed by atoms with Gasteiger partial charge >= 0.3 is 5.97 Å². The number of aromatic nitrogens is 2. The highest BCUT2D eigenvalue weighted by molar-refractivity contribution is 7.20. The summed E-state index contributed by atoms with van der Waals surface area (Å²) >= 11 is 7.15. The molecule has 160 valence electrons. The molecular formula is C20H24ClN5O3S. The van der Waals surface area contributed by atoms with Crippen molar-refractivity contribution in [2.45, 2.75) is 46.5 Å². The van der Waals surface area contributed by atoms with Crippen LogP contribution < -0.4 is 10.2 Å². The summed E-state index contributed by atoms with van der Waals surface area (Å²) in [6.07, 6.45) is 2.94. The van der Waals surface area contributed by atoms with Gasteiger partial charge in [0.2, 0.25) is 5.95 Å². The number of hydrogen-bond acceptors (Lipinski definition) is 7. The second-order valence-electron chi connectivity index (χ2n) is 6.93. The monoisotopic (exact) mass is 449 g/mol. The lowest BCUT2D eigenvalue weighted by molar-refractivity contribution is -0.110. The van der Waals surface area contributed by atoms with Crippen molar-refractivity contribution in [3.8, 4) is 0 Å². The number of nitrogens with one attached hydrogen (secondary N) is 1. The molecule has 8 nitrogen and oxygen atoms in total. The number of carboxylic acid groups (broad SMARTS) is 1. The average molecular weight is 450 g/mol. The van der Waals surface area contributed by atoms with Gasteiger partial charge in [-0.2, -0.15) is 4.98 Å². The lowest BCUT2D eigenvalue weighted by atomic mass is 10.1. The topological polar surface area (TPSA) is 108 Å². The van der Waals surface area contributed by atoms with Crippen LogP contribution in [0.5, 0.6) is 0 Å². The normalized spacial score (nSPS) is 13.7. The van der Waals surface area contributed by atoms with Crippen molar-refractivity contribution in [3.63, 3.8) is 0 Å². The number of anilines is 2. The molecule has 0 fully saturated rings. The Morgan fingerprint density at radius 3 is 2.50 bits per heavy atom. The van der Waals surface area contributed by atoms with Gasteiger partial charge in [0.05, 0.1) is 5.39 Å². The quantitative estimate of drug-likeness (QED) is 0.539. The van der Waals surface area contributed by atoms with E-state index in [4.69, 9.17) is 11.6 Å². The number of hydrogen-bond donors (Lipinski definition) is 2. The molecule has 0 spiro atoms. The molecule has 0 radical (unpaired) electrons. The van der Waals surface area contributed by atoms with E-state index in [-0.39, 0.29) is 10.8 Å². The number of carbonyl (C=O) groups is 2. The standard InChI is InChI=1S/C20H24ClN5O3S/c1-4-7-26(8-5-2)16-12-10-14(19(28)29)30-18(12)25-20(23-16)24-17(27)13-9-11(6-3)15(21)22-13/h10H,4-9H2,1-3H3,(H,28,29)(H,23,24,25,27). The van der Waals surface area contributed by atoms with Crippen LogP contribution in [0, 0.1) is 0 Å². The largest absolute Gasteiger partial charge is 0.477 e. The summed E-state index contributed by atoms with van der Waals surface area (Å²) in [7, 11) is 0. The Morgan fingerprint density at radius 1 is 1.23 bits per heavy atom. The summed E-state index contributed by atoms with van der Waals surface area (Å²) in [6, 6.07) is 1.60. The molecule has 1 aliphatic heterocycles. The fourth-order valence-corrected chi connectivity index (χ4v) is 4.43. The Bertz CT molecular complexity index is 1040. The molecule has 2 aromatic heterocycles. The van der Waals surface area contributed by atoms with Crippen molar-refractivity contribution in [1.82, 2.24) is 9.97 Å². The van der Waals surface area contributed by atoms with E-state index in [2.05, 4.69) is 39.0 Å². The number of amides is 1. The molecule has 0 bridgehead atoms. The lowest BCUT2D eigenvalue weighted by Gasteiger charge is -2.23. The molecule has 3 rings (SSSR count). The minimum atomic E-state index is -1.01.